The normalized spacial score (nSPS) is 17.2. The number of nitrogens with zero attached hydrogens (tertiary/aromatic N) is 1. The Morgan fingerprint density at radius 1 is 1.19 bits per heavy atom. The van der Waals surface area contributed by atoms with E-state index in [1.165, 1.54) is 4.90 Å². The highest BCUT2D eigenvalue weighted by atomic mass is 16.4. The molecule has 0 unspecified atom stereocenters. The lowest BCUT2D eigenvalue weighted by molar-refractivity contribution is -0.156. The van der Waals surface area contributed by atoms with E-state index in [1.807, 2.05) is 6.92 Å². The Balaban J connectivity index is 2.76. The Bertz CT molecular complexity index is 389. The van der Waals surface area contributed by atoms with Crippen molar-refractivity contribution in [3.63, 3.8) is 0 Å². The number of nitrogens with two attached hydrogens (primary N) is 1. The molecule has 1 fully saturated rings. The molecule has 3 N–H and O–H groups in total. The summed E-state index contributed by atoms with van der Waals surface area (Å²) in [5.74, 6) is -1.73. The second-order valence-corrected chi connectivity index (χ2v) is 5.96. The van der Waals surface area contributed by atoms with Gasteiger partial charge < -0.3 is 15.7 Å². The first-order valence-corrected chi connectivity index (χ1v) is 7.71. The van der Waals surface area contributed by atoms with Gasteiger partial charge in [-0.1, -0.05) is 32.6 Å². The van der Waals surface area contributed by atoms with Crippen LogP contribution in [0.3, 0.4) is 0 Å². The van der Waals surface area contributed by atoms with E-state index >= 15 is 0 Å². The smallest absolute Gasteiger partial charge is 0.310 e. The number of primary amides is 1. The van der Waals surface area contributed by atoms with E-state index in [4.69, 9.17) is 5.73 Å². The van der Waals surface area contributed by atoms with Gasteiger partial charge in [0.2, 0.25) is 11.8 Å². The van der Waals surface area contributed by atoms with Gasteiger partial charge in [0.15, 0.2) is 0 Å². The first-order chi connectivity index (χ1) is 9.91. The maximum atomic E-state index is 12.4. The fourth-order valence-corrected chi connectivity index (χ4v) is 2.93. The Morgan fingerprint density at radius 3 is 2.29 bits per heavy atom. The number of carbonyl (C=O) groups is 3. The fourth-order valence-electron chi connectivity index (χ4n) is 2.93. The molecule has 6 heteroatoms. The molecule has 1 rings (SSSR count). The highest BCUT2D eigenvalue weighted by Gasteiger charge is 2.42. The molecule has 0 aliphatic heterocycles. The van der Waals surface area contributed by atoms with Gasteiger partial charge in [0.05, 0.1) is 12.0 Å². The maximum Gasteiger partial charge on any atom is 0.310 e. The molecular weight excluding hydrogens is 272 g/mol. The van der Waals surface area contributed by atoms with Crippen molar-refractivity contribution in [2.24, 2.45) is 11.1 Å². The van der Waals surface area contributed by atoms with Gasteiger partial charge in [0.25, 0.3) is 0 Å². The number of aliphatic carboxylic acids is 1. The van der Waals surface area contributed by atoms with Crippen LogP contribution in [0.5, 0.6) is 0 Å². The quantitative estimate of drug-likeness (QED) is 0.709. The van der Waals surface area contributed by atoms with Crippen molar-refractivity contribution < 1.29 is 19.5 Å². The molecule has 0 spiro atoms. The van der Waals surface area contributed by atoms with E-state index < -0.39 is 17.3 Å². The van der Waals surface area contributed by atoms with Crippen LogP contribution in [0.15, 0.2) is 0 Å². The van der Waals surface area contributed by atoms with Crippen molar-refractivity contribution >= 4 is 17.8 Å². The third-order valence-corrected chi connectivity index (χ3v) is 4.23. The molecule has 0 aromatic carbocycles. The van der Waals surface area contributed by atoms with Crippen LogP contribution < -0.4 is 5.73 Å². The van der Waals surface area contributed by atoms with E-state index in [2.05, 4.69) is 0 Å². The van der Waals surface area contributed by atoms with Gasteiger partial charge in [-0.3, -0.25) is 14.4 Å². The number of rotatable bonds is 8. The zero-order chi connectivity index (χ0) is 15.9. The zero-order valence-electron chi connectivity index (χ0n) is 12.8. The molecule has 0 aromatic rings. The molecule has 0 bridgehead atoms. The van der Waals surface area contributed by atoms with Gasteiger partial charge in [-0.05, 0) is 19.3 Å². The van der Waals surface area contributed by atoms with Crippen molar-refractivity contribution in [3.05, 3.63) is 0 Å². The highest BCUT2D eigenvalue weighted by molar-refractivity contribution is 5.88. The number of amides is 2. The van der Waals surface area contributed by atoms with Gasteiger partial charge in [0, 0.05) is 13.0 Å². The van der Waals surface area contributed by atoms with Gasteiger partial charge in [-0.15, -0.1) is 0 Å². The minimum atomic E-state index is -0.961. The summed E-state index contributed by atoms with van der Waals surface area (Å²) in [4.78, 5) is 36.5. The summed E-state index contributed by atoms with van der Waals surface area (Å²) < 4.78 is 0. The van der Waals surface area contributed by atoms with Gasteiger partial charge in [-0.25, -0.2) is 0 Å². The monoisotopic (exact) mass is 298 g/mol. The molecule has 0 saturated heterocycles. The number of unbranched alkanes of at least 4 members (excludes halogenated alkanes) is 1. The fraction of sp³-hybridized carbons (Fsp3) is 0.800. The van der Waals surface area contributed by atoms with Crippen LogP contribution in [0.2, 0.25) is 0 Å². The van der Waals surface area contributed by atoms with Crippen LogP contribution in [0.1, 0.15) is 58.3 Å². The summed E-state index contributed by atoms with van der Waals surface area (Å²) in [7, 11) is 0. The van der Waals surface area contributed by atoms with E-state index in [-0.39, 0.29) is 18.9 Å². The molecule has 1 saturated carbocycles. The molecule has 2 amide bonds. The molecule has 21 heavy (non-hydrogen) atoms. The Morgan fingerprint density at radius 2 is 1.81 bits per heavy atom. The molecule has 0 atom stereocenters. The van der Waals surface area contributed by atoms with Gasteiger partial charge in [0.1, 0.15) is 0 Å². The second kappa shape index (κ2) is 8.00. The summed E-state index contributed by atoms with van der Waals surface area (Å²) in [6.45, 7) is 2.31. The van der Waals surface area contributed by atoms with Crippen molar-refractivity contribution in [2.45, 2.75) is 58.3 Å². The first kappa shape index (κ1) is 17.5. The van der Waals surface area contributed by atoms with Crippen LogP contribution in [0, 0.1) is 5.41 Å². The first-order valence-electron chi connectivity index (χ1n) is 7.71. The largest absolute Gasteiger partial charge is 0.481 e. The van der Waals surface area contributed by atoms with Crippen LogP contribution in [-0.4, -0.2) is 40.9 Å². The minimum absolute atomic E-state index is 0.0284. The number of carboxylic acid groups (broad SMARTS) is 1. The zero-order valence-corrected chi connectivity index (χ0v) is 12.8. The molecule has 0 radical (unpaired) electrons. The molecule has 0 aromatic heterocycles. The number of carboxylic acids is 1. The van der Waals surface area contributed by atoms with Crippen LogP contribution in [0.4, 0.5) is 0 Å². The number of hydrogen-bond acceptors (Lipinski definition) is 3. The van der Waals surface area contributed by atoms with Crippen LogP contribution >= 0.6 is 0 Å². The molecular formula is C15H26N2O4. The average Bonchev–Trinajstić information content (AvgIpc) is 2.43. The van der Waals surface area contributed by atoms with E-state index in [9.17, 15) is 19.5 Å². The van der Waals surface area contributed by atoms with Gasteiger partial charge >= 0.3 is 5.97 Å². The predicted molar refractivity (Wildman–Crippen MR) is 78.5 cm³/mol. The summed E-state index contributed by atoms with van der Waals surface area (Å²) in [5.41, 5.74) is 4.22. The molecule has 1 aliphatic carbocycles. The number of hydrogen-bond donors (Lipinski definition) is 2. The maximum absolute atomic E-state index is 12.4. The lowest BCUT2D eigenvalue weighted by Crippen LogP contribution is -2.44. The van der Waals surface area contributed by atoms with E-state index in [1.54, 1.807) is 0 Å². The minimum Gasteiger partial charge on any atom is -0.481 e. The summed E-state index contributed by atoms with van der Waals surface area (Å²) in [5, 5.41) is 9.52. The van der Waals surface area contributed by atoms with Crippen molar-refractivity contribution in [1.82, 2.24) is 4.90 Å². The third kappa shape index (κ3) is 5.02. The Labute approximate surface area is 125 Å². The van der Waals surface area contributed by atoms with E-state index in [0.29, 0.717) is 19.4 Å². The van der Waals surface area contributed by atoms with E-state index in [0.717, 1.165) is 32.1 Å². The lowest BCUT2D eigenvalue weighted by atomic mass is 9.71. The molecule has 0 heterocycles. The Hall–Kier alpha value is -1.59. The predicted octanol–water partition coefficient (Wildman–Crippen LogP) is 1.53. The molecule has 6 nitrogen and oxygen atoms in total. The van der Waals surface area contributed by atoms with Crippen LogP contribution in [-0.2, 0) is 14.4 Å². The molecule has 1 aliphatic rings. The van der Waals surface area contributed by atoms with Crippen molar-refractivity contribution in [3.8, 4) is 0 Å². The number of carbonyl (C=O) groups excluding carboxylic acids is 2. The average molecular weight is 298 g/mol. The highest BCUT2D eigenvalue weighted by Crippen LogP contribution is 2.40. The van der Waals surface area contributed by atoms with Crippen molar-refractivity contribution in [2.75, 3.05) is 13.1 Å². The third-order valence-electron chi connectivity index (χ3n) is 4.23. The SMILES string of the molecule is CCCCN(CC(N)=O)C(=O)CC1(C(=O)O)CCCCC1. The summed E-state index contributed by atoms with van der Waals surface area (Å²) in [6.07, 6.45) is 5.41. The van der Waals surface area contributed by atoms with Gasteiger partial charge in [-0.2, -0.15) is 0 Å². The lowest BCUT2D eigenvalue weighted by Gasteiger charge is -2.34. The van der Waals surface area contributed by atoms with Crippen molar-refractivity contribution in [1.29, 1.82) is 0 Å². The standard InChI is InChI=1S/C15H26N2O4/c1-2-3-9-17(11-12(16)18)13(19)10-15(14(20)21)7-5-4-6-8-15/h2-11H2,1H3,(H2,16,18)(H,20,21). The second-order valence-electron chi connectivity index (χ2n) is 5.96. The van der Waals surface area contributed by atoms with Crippen LogP contribution in [0.25, 0.3) is 0 Å². The summed E-state index contributed by atoms with van der Waals surface area (Å²) in [6, 6.07) is 0. The topological polar surface area (TPSA) is 101 Å². The summed E-state index contributed by atoms with van der Waals surface area (Å²) >= 11 is 0. The molecule has 120 valence electrons. The Kier molecular flexibility index (Phi) is 6.65.